The molecule has 0 aromatic carbocycles. The van der Waals surface area contributed by atoms with Gasteiger partial charge in [-0.25, -0.2) is 0 Å². The molecule has 0 bridgehead atoms. The first-order valence-corrected chi connectivity index (χ1v) is 4.90. The van der Waals surface area contributed by atoms with Crippen LogP contribution < -0.4 is 14.2 Å². The van der Waals surface area contributed by atoms with Crippen LogP contribution in [0.4, 0.5) is 5.69 Å². The molecule has 9 nitrogen and oxygen atoms in total. The number of rotatable bonds is 7. The van der Waals surface area contributed by atoms with Gasteiger partial charge < -0.3 is 18.9 Å². The molecule has 18 heavy (non-hydrogen) atoms. The van der Waals surface area contributed by atoms with Crippen LogP contribution in [-0.4, -0.2) is 49.4 Å². The van der Waals surface area contributed by atoms with Gasteiger partial charge in [-0.2, -0.15) is 9.97 Å². The highest BCUT2D eigenvalue weighted by Crippen LogP contribution is 2.34. The van der Waals surface area contributed by atoms with Gasteiger partial charge in [-0.1, -0.05) is 0 Å². The first-order chi connectivity index (χ1) is 8.63. The molecular weight excluding hydrogens is 246 g/mol. The molecule has 0 radical (unpaired) electrons. The van der Waals surface area contributed by atoms with Crippen molar-refractivity contribution in [3.05, 3.63) is 10.1 Å². The molecule has 0 unspecified atom stereocenters. The van der Waals surface area contributed by atoms with Crippen LogP contribution in [0, 0.1) is 10.1 Å². The second-order valence-corrected chi connectivity index (χ2v) is 2.97. The summed E-state index contributed by atoms with van der Waals surface area (Å²) in [7, 11) is 4.03. The molecule has 0 saturated carbocycles. The lowest BCUT2D eigenvalue weighted by Gasteiger charge is -2.08. The van der Waals surface area contributed by atoms with Crippen molar-refractivity contribution >= 4 is 5.69 Å². The van der Waals surface area contributed by atoms with Crippen LogP contribution in [0.3, 0.4) is 0 Å². The Morgan fingerprint density at radius 1 is 1.11 bits per heavy atom. The van der Waals surface area contributed by atoms with Crippen LogP contribution in [-0.2, 0) is 4.74 Å². The number of methoxy groups -OCH3 is 3. The van der Waals surface area contributed by atoms with Crippen molar-refractivity contribution in [2.75, 3.05) is 34.5 Å². The van der Waals surface area contributed by atoms with Gasteiger partial charge in [-0.3, -0.25) is 10.1 Å². The second-order valence-electron chi connectivity index (χ2n) is 2.97. The van der Waals surface area contributed by atoms with Crippen LogP contribution in [0.1, 0.15) is 0 Å². The van der Waals surface area contributed by atoms with E-state index < -0.39 is 10.6 Å². The minimum atomic E-state index is -0.684. The van der Waals surface area contributed by atoms with Crippen LogP contribution in [0.5, 0.6) is 17.8 Å². The summed E-state index contributed by atoms with van der Waals surface area (Å²) in [6.45, 7) is 0.547. The zero-order valence-electron chi connectivity index (χ0n) is 10.2. The lowest BCUT2D eigenvalue weighted by molar-refractivity contribution is -0.387. The lowest BCUT2D eigenvalue weighted by Crippen LogP contribution is -2.09. The van der Waals surface area contributed by atoms with Gasteiger partial charge in [0, 0.05) is 7.11 Å². The molecule has 100 valence electrons. The Balaban J connectivity index is 3.06. The fraction of sp³-hybridized carbons (Fsp3) is 0.556. The SMILES string of the molecule is COCCOc1nc(OC)c([N+](=O)[O-])c(OC)n1. The zero-order chi connectivity index (χ0) is 13.5. The van der Waals surface area contributed by atoms with E-state index >= 15 is 0 Å². The van der Waals surface area contributed by atoms with E-state index in [0.29, 0.717) is 6.61 Å². The maximum Gasteiger partial charge on any atom is 0.392 e. The van der Waals surface area contributed by atoms with Gasteiger partial charge in [-0.05, 0) is 0 Å². The Bertz CT molecular complexity index is 400. The number of nitro groups is 1. The average molecular weight is 259 g/mol. The minimum Gasteiger partial charge on any atom is -0.476 e. The largest absolute Gasteiger partial charge is 0.476 e. The van der Waals surface area contributed by atoms with Crippen molar-refractivity contribution in [2.45, 2.75) is 0 Å². The van der Waals surface area contributed by atoms with E-state index in [2.05, 4.69) is 9.97 Å². The molecule has 0 atom stereocenters. The first kappa shape index (κ1) is 13.9. The quantitative estimate of drug-likeness (QED) is 0.394. The molecule has 1 heterocycles. The highest BCUT2D eigenvalue weighted by atomic mass is 16.6. The standard InChI is InChI=1S/C9H13N3O6/c1-15-4-5-18-9-10-7(16-2)6(12(13)14)8(11-9)17-3/h4-5H2,1-3H3. The molecule has 1 aromatic heterocycles. The Labute approximate surface area is 103 Å². The van der Waals surface area contributed by atoms with E-state index in [1.165, 1.54) is 21.3 Å². The Morgan fingerprint density at radius 3 is 2.06 bits per heavy atom. The van der Waals surface area contributed by atoms with Gasteiger partial charge in [0.25, 0.3) is 0 Å². The van der Waals surface area contributed by atoms with E-state index in [1.54, 1.807) is 0 Å². The summed E-state index contributed by atoms with van der Waals surface area (Å²) < 4.78 is 19.5. The average Bonchev–Trinajstić information content (AvgIpc) is 2.37. The summed E-state index contributed by atoms with van der Waals surface area (Å²) in [5, 5.41) is 10.8. The van der Waals surface area contributed by atoms with Crippen molar-refractivity contribution in [3.63, 3.8) is 0 Å². The number of aromatic nitrogens is 2. The Hall–Kier alpha value is -2.16. The molecule has 0 aliphatic heterocycles. The molecule has 0 fully saturated rings. The van der Waals surface area contributed by atoms with E-state index in [1.807, 2.05) is 0 Å². The number of nitrogens with zero attached hydrogens (tertiary/aromatic N) is 3. The molecule has 0 N–H and O–H groups in total. The summed E-state index contributed by atoms with van der Waals surface area (Å²) in [4.78, 5) is 17.7. The van der Waals surface area contributed by atoms with Gasteiger partial charge in [0.15, 0.2) is 0 Å². The normalized spacial score (nSPS) is 9.94. The molecule has 1 aromatic rings. The zero-order valence-corrected chi connectivity index (χ0v) is 10.2. The van der Waals surface area contributed by atoms with Crippen LogP contribution in [0.15, 0.2) is 0 Å². The van der Waals surface area contributed by atoms with Crippen molar-refractivity contribution in [1.29, 1.82) is 0 Å². The number of ether oxygens (including phenoxy) is 4. The second kappa shape index (κ2) is 6.55. The Morgan fingerprint density at radius 2 is 1.67 bits per heavy atom. The van der Waals surface area contributed by atoms with Crippen LogP contribution in [0.25, 0.3) is 0 Å². The highest BCUT2D eigenvalue weighted by molar-refractivity contribution is 5.50. The molecule has 9 heteroatoms. The van der Waals surface area contributed by atoms with Gasteiger partial charge in [0.2, 0.25) is 0 Å². The van der Waals surface area contributed by atoms with E-state index in [9.17, 15) is 10.1 Å². The summed E-state index contributed by atoms with van der Waals surface area (Å²) >= 11 is 0. The summed E-state index contributed by atoms with van der Waals surface area (Å²) in [6.07, 6.45) is 0. The summed E-state index contributed by atoms with van der Waals surface area (Å²) in [6, 6.07) is -0.0775. The van der Waals surface area contributed by atoms with E-state index in [4.69, 9.17) is 18.9 Å². The monoisotopic (exact) mass is 259 g/mol. The van der Waals surface area contributed by atoms with Gasteiger partial charge in [-0.15, -0.1) is 0 Å². The van der Waals surface area contributed by atoms with Crippen molar-refractivity contribution in [1.82, 2.24) is 9.97 Å². The van der Waals surface area contributed by atoms with Crippen LogP contribution in [0.2, 0.25) is 0 Å². The maximum absolute atomic E-state index is 10.8. The third-order valence-electron chi connectivity index (χ3n) is 1.89. The maximum atomic E-state index is 10.8. The van der Waals surface area contributed by atoms with Crippen LogP contribution >= 0.6 is 0 Å². The van der Waals surface area contributed by atoms with Gasteiger partial charge >= 0.3 is 23.5 Å². The highest BCUT2D eigenvalue weighted by Gasteiger charge is 2.27. The summed E-state index contributed by atoms with van der Waals surface area (Å²) in [5.41, 5.74) is -0.445. The topological polar surface area (TPSA) is 106 Å². The predicted octanol–water partition coefficient (Wildman–Crippen LogP) is 0.427. The molecule has 0 spiro atoms. The van der Waals surface area contributed by atoms with Crippen molar-refractivity contribution < 1.29 is 23.9 Å². The smallest absolute Gasteiger partial charge is 0.392 e. The predicted molar refractivity (Wildman–Crippen MR) is 59.2 cm³/mol. The molecule has 0 aliphatic rings. The van der Waals surface area contributed by atoms with Gasteiger partial charge in [0.05, 0.1) is 25.7 Å². The first-order valence-electron chi connectivity index (χ1n) is 4.90. The third kappa shape index (κ3) is 3.17. The lowest BCUT2D eigenvalue weighted by atomic mass is 10.5. The fourth-order valence-corrected chi connectivity index (χ4v) is 1.12. The van der Waals surface area contributed by atoms with Crippen molar-refractivity contribution in [2.24, 2.45) is 0 Å². The molecule has 0 aliphatic carbocycles. The fourth-order valence-electron chi connectivity index (χ4n) is 1.12. The van der Waals surface area contributed by atoms with E-state index in [-0.39, 0.29) is 24.4 Å². The number of hydrogen-bond donors (Lipinski definition) is 0. The van der Waals surface area contributed by atoms with Crippen molar-refractivity contribution in [3.8, 4) is 17.8 Å². The van der Waals surface area contributed by atoms with E-state index in [0.717, 1.165) is 0 Å². The molecule has 0 amide bonds. The Kier molecular flexibility index (Phi) is 5.06. The molecule has 0 saturated heterocycles. The minimum absolute atomic E-state index is 0.0775. The molecule has 1 rings (SSSR count). The molecular formula is C9H13N3O6. The summed E-state index contributed by atoms with van der Waals surface area (Å²) in [5.74, 6) is -0.446. The number of hydrogen-bond acceptors (Lipinski definition) is 8. The van der Waals surface area contributed by atoms with Gasteiger partial charge in [0.1, 0.15) is 6.61 Å². The third-order valence-corrected chi connectivity index (χ3v) is 1.89.